The molecule has 1 saturated heterocycles. The summed E-state index contributed by atoms with van der Waals surface area (Å²) in [5, 5.41) is 9.55. The predicted molar refractivity (Wildman–Crippen MR) is 102 cm³/mol. The SMILES string of the molecule is CSc1c(C#N)c(=O)n2ccccc2c1C(=O)N1CCC2CCCCC21. The van der Waals surface area contributed by atoms with Crippen molar-refractivity contribution in [2.24, 2.45) is 5.92 Å². The van der Waals surface area contributed by atoms with E-state index in [1.807, 2.05) is 23.3 Å². The summed E-state index contributed by atoms with van der Waals surface area (Å²) in [6, 6.07) is 7.69. The van der Waals surface area contributed by atoms with Gasteiger partial charge in [-0.25, -0.2) is 0 Å². The number of pyridine rings is 2. The molecule has 0 bridgehead atoms. The molecule has 2 aliphatic rings. The van der Waals surface area contributed by atoms with Gasteiger partial charge in [-0.2, -0.15) is 5.26 Å². The topological polar surface area (TPSA) is 65.6 Å². The third-order valence-corrected chi connectivity index (χ3v) is 6.62. The Morgan fingerprint density at radius 1 is 1.27 bits per heavy atom. The molecule has 2 fully saturated rings. The highest BCUT2D eigenvalue weighted by atomic mass is 32.2. The lowest BCUT2D eigenvalue weighted by Crippen LogP contribution is -2.40. The Bertz CT molecular complexity index is 975. The lowest BCUT2D eigenvalue weighted by atomic mass is 9.85. The van der Waals surface area contributed by atoms with Crippen LogP contribution in [0.2, 0.25) is 0 Å². The Kier molecular flexibility index (Phi) is 4.49. The zero-order valence-electron chi connectivity index (χ0n) is 14.8. The first-order valence-electron chi connectivity index (χ1n) is 9.09. The van der Waals surface area contributed by atoms with Gasteiger partial charge in [-0.3, -0.25) is 14.0 Å². The van der Waals surface area contributed by atoms with Crippen LogP contribution in [0.15, 0.2) is 34.1 Å². The molecule has 0 N–H and O–H groups in total. The van der Waals surface area contributed by atoms with Crippen LogP contribution in [0.4, 0.5) is 0 Å². The van der Waals surface area contributed by atoms with Crippen LogP contribution in [0.5, 0.6) is 0 Å². The molecule has 0 spiro atoms. The fourth-order valence-electron chi connectivity index (χ4n) is 4.59. The van der Waals surface area contributed by atoms with Crippen LogP contribution in [0, 0.1) is 17.2 Å². The number of rotatable bonds is 2. The second kappa shape index (κ2) is 6.81. The molecule has 0 radical (unpaired) electrons. The molecular weight excluding hydrogens is 346 g/mol. The van der Waals surface area contributed by atoms with Gasteiger partial charge in [0.2, 0.25) is 0 Å². The average Bonchev–Trinajstić information content (AvgIpc) is 3.11. The molecule has 2 atom stereocenters. The van der Waals surface area contributed by atoms with E-state index in [4.69, 9.17) is 0 Å². The maximum Gasteiger partial charge on any atom is 0.274 e. The molecule has 2 aromatic heterocycles. The average molecular weight is 367 g/mol. The smallest absolute Gasteiger partial charge is 0.274 e. The van der Waals surface area contributed by atoms with E-state index in [9.17, 15) is 14.9 Å². The van der Waals surface area contributed by atoms with Gasteiger partial charge < -0.3 is 4.90 Å². The quantitative estimate of drug-likeness (QED) is 0.764. The lowest BCUT2D eigenvalue weighted by molar-refractivity contribution is 0.0688. The number of hydrogen-bond donors (Lipinski definition) is 0. The molecular formula is C20H21N3O2S. The number of hydrogen-bond acceptors (Lipinski definition) is 4. The van der Waals surface area contributed by atoms with Crippen molar-refractivity contribution < 1.29 is 4.79 Å². The molecule has 4 rings (SSSR count). The van der Waals surface area contributed by atoms with E-state index < -0.39 is 0 Å². The number of nitrogens with zero attached hydrogens (tertiary/aromatic N) is 3. The molecule has 5 nitrogen and oxygen atoms in total. The standard InChI is InChI=1S/C20H21N3O2S/c1-26-18-14(12-21)19(24)22-10-5-4-8-16(22)17(18)20(25)23-11-9-13-6-2-3-7-15(13)23/h4-5,8,10,13,15H,2-3,6-7,9,11H2,1H3. The van der Waals surface area contributed by atoms with Gasteiger partial charge in [-0.1, -0.05) is 18.9 Å². The Balaban J connectivity index is 1.91. The molecule has 0 aromatic carbocycles. The number of amides is 1. The Morgan fingerprint density at radius 3 is 2.85 bits per heavy atom. The summed E-state index contributed by atoms with van der Waals surface area (Å²) < 4.78 is 1.43. The molecule has 2 unspecified atom stereocenters. The highest BCUT2D eigenvalue weighted by Gasteiger charge is 2.39. The van der Waals surface area contributed by atoms with E-state index in [0.29, 0.717) is 27.9 Å². The van der Waals surface area contributed by atoms with E-state index >= 15 is 0 Å². The van der Waals surface area contributed by atoms with Crippen LogP contribution in [0.3, 0.4) is 0 Å². The minimum absolute atomic E-state index is 0.0380. The molecule has 1 aliphatic heterocycles. The molecule has 6 heteroatoms. The zero-order chi connectivity index (χ0) is 18.3. The van der Waals surface area contributed by atoms with Crippen molar-refractivity contribution in [3.8, 4) is 6.07 Å². The molecule has 26 heavy (non-hydrogen) atoms. The number of thioether (sulfide) groups is 1. The lowest BCUT2D eigenvalue weighted by Gasteiger charge is -2.32. The summed E-state index contributed by atoms with van der Waals surface area (Å²) in [6.07, 6.45) is 9.18. The summed E-state index contributed by atoms with van der Waals surface area (Å²) in [5.74, 6) is 0.558. The first kappa shape index (κ1) is 17.2. The van der Waals surface area contributed by atoms with Gasteiger partial charge in [0.05, 0.1) is 11.1 Å². The van der Waals surface area contributed by atoms with Gasteiger partial charge in [0.1, 0.15) is 11.6 Å². The zero-order valence-corrected chi connectivity index (χ0v) is 15.6. The highest BCUT2D eigenvalue weighted by molar-refractivity contribution is 7.98. The van der Waals surface area contributed by atoms with E-state index in [0.717, 1.165) is 19.4 Å². The van der Waals surface area contributed by atoms with Crippen LogP contribution in [0.25, 0.3) is 5.52 Å². The number of carbonyl (C=O) groups is 1. The van der Waals surface area contributed by atoms with Crippen LogP contribution < -0.4 is 5.56 Å². The van der Waals surface area contributed by atoms with Crippen molar-refractivity contribution in [3.05, 3.63) is 45.9 Å². The first-order valence-corrected chi connectivity index (χ1v) is 10.3. The van der Waals surface area contributed by atoms with Crippen LogP contribution in [-0.4, -0.2) is 34.1 Å². The third kappa shape index (κ3) is 2.53. The molecule has 2 aromatic rings. The minimum atomic E-state index is -0.360. The van der Waals surface area contributed by atoms with Crippen molar-refractivity contribution in [2.75, 3.05) is 12.8 Å². The van der Waals surface area contributed by atoms with E-state index in [1.54, 1.807) is 18.3 Å². The van der Waals surface area contributed by atoms with Crippen LogP contribution in [0.1, 0.15) is 48.0 Å². The maximum atomic E-state index is 13.6. The van der Waals surface area contributed by atoms with Crippen LogP contribution in [-0.2, 0) is 0 Å². The predicted octanol–water partition coefficient (Wildman–Crippen LogP) is 3.30. The summed E-state index contributed by atoms with van der Waals surface area (Å²) in [6.45, 7) is 0.766. The molecule has 1 aliphatic carbocycles. The van der Waals surface area contributed by atoms with Crippen LogP contribution >= 0.6 is 11.8 Å². The second-order valence-electron chi connectivity index (χ2n) is 7.06. The van der Waals surface area contributed by atoms with Gasteiger partial charge >= 0.3 is 0 Å². The number of carbonyl (C=O) groups excluding carboxylic acids is 1. The van der Waals surface area contributed by atoms with Crippen molar-refractivity contribution in [2.45, 2.75) is 43.0 Å². The summed E-state index contributed by atoms with van der Waals surface area (Å²) in [7, 11) is 0. The van der Waals surface area contributed by atoms with Gasteiger partial charge in [-0.15, -0.1) is 11.8 Å². The van der Waals surface area contributed by atoms with E-state index in [2.05, 4.69) is 0 Å². The second-order valence-corrected chi connectivity index (χ2v) is 7.87. The van der Waals surface area contributed by atoms with Crippen molar-refractivity contribution in [1.29, 1.82) is 5.26 Å². The summed E-state index contributed by atoms with van der Waals surface area (Å²) in [4.78, 5) is 28.7. The summed E-state index contributed by atoms with van der Waals surface area (Å²) >= 11 is 1.31. The monoisotopic (exact) mass is 367 g/mol. The minimum Gasteiger partial charge on any atom is -0.335 e. The van der Waals surface area contributed by atoms with E-state index in [-0.39, 0.29) is 17.0 Å². The maximum absolute atomic E-state index is 13.6. The largest absolute Gasteiger partial charge is 0.335 e. The molecule has 134 valence electrons. The van der Waals surface area contributed by atoms with Crippen molar-refractivity contribution in [1.82, 2.24) is 9.30 Å². The summed E-state index contributed by atoms with van der Waals surface area (Å²) in [5.41, 5.74) is 0.787. The first-order chi connectivity index (χ1) is 12.7. The molecule has 3 heterocycles. The Hall–Kier alpha value is -2.26. The fourth-order valence-corrected chi connectivity index (χ4v) is 5.33. The number of nitriles is 1. The van der Waals surface area contributed by atoms with Crippen molar-refractivity contribution >= 4 is 23.2 Å². The third-order valence-electron chi connectivity index (χ3n) is 5.80. The number of fused-ring (bicyclic) bond motifs is 2. The highest BCUT2D eigenvalue weighted by Crippen LogP contribution is 2.38. The normalized spacial score (nSPS) is 22.2. The van der Waals surface area contributed by atoms with E-state index in [1.165, 1.54) is 35.4 Å². The number of likely N-dealkylation sites (tertiary alicyclic amines) is 1. The molecule has 1 saturated carbocycles. The van der Waals surface area contributed by atoms with Crippen molar-refractivity contribution in [3.63, 3.8) is 0 Å². The van der Waals surface area contributed by atoms with Gasteiger partial charge in [0.15, 0.2) is 0 Å². The fraction of sp³-hybridized carbons (Fsp3) is 0.450. The van der Waals surface area contributed by atoms with Gasteiger partial charge in [0, 0.05) is 23.7 Å². The molecule has 1 amide bonds. The Morgan fingerprint density at radius 2 is 2.08 bits per heavy atom. The van der Waals surface area contributed by atoms with Gasteiger partial charge in [0.25, 0.3) is 11.5 Å². The number of aromatic nitrogens is 1. The van der Waals surface area contributed by atoms with Gasteiger partial charge in [-0.05, 0) is 43.6 Å². The Labute approximate surface area is 156 Å².